The molecule has 2 N–H and O–H groups in total. The van der Waals surface area contributed by atoms with Crippen LogP contribution in [0.1, 0.15) is 39.5 Å². The van der Waals surface area contributed by atoms with Crippen molar-refractivity contribution in [3.05, 3.63) is 0 Å². The molecule has 110 valence electrons. The molecule has 4 nitrogen and oxygen atoms in total. The molecule has 0 aromatic rings. The summed E-state index contributed by atoms with van der Waals surface area (Å²) in [5.74, 6) is 0.801. The Kier molecular flexibility index (Phi) is 5.22. The lowest BCUT2D eigenvalue weighted by Gasteiger charge is -2.33. The number of amides is 1. The van der Waals surface area contributed by atoms with E-state index in [1.807, 2.05) is 0 Å². The molecule has 0 spiro atoms. The molecule has 2 rings (SSSR count). The highest BCUT2D eigenvalue weighted by molar-refractivity contribution is 5.82. The van der Waals surface area contributed by atoms with Crippen LogP contribution in [0.4, 0.5) is 0 Å². The Balaban J connectivity index is 1.69. The SMILES string of the molecule is CC(CNC(=O)C1(C)CCNCC1)CN1CCCC1. The van der Waals surface area contributed by atoms with Crippen LogP contribution in [-0.2, 0) is 4.79 Å². The van der Waals surface area contributed by atoms with E-state index in [0.29, 0.717) is 5.92 Å². The maximum atomic E-state index is 12.3. The largest absolute Gasteiger partial charge is 0.355 e. The number of hydrogen-bond donors (Lipinski definition) is 2. The van der Waals surface area contributed by atoms with E-state index in [2.05, 4.69) is 29.4 Å². The van der Waals surface area contributed by atoms with Crippen molar-refractivity contribution in [2.75, 3.05) is 39.3 Å². The number of nitrogens with zero attached hydrogens (tertiary/aromatic N) is 1. The first kappa shape index (κ1) is 14.8. The number of carbonyl (C=O) groups is 1. The van der Waals surface area contributed by atoms with E-state index in [0.717, 1.165) is 39.0 Å². The van der Waals surface area contributed by atoms with Crippen molar-refractivity contribution in [1.29, 1.82) is 0 Å². The summed E-state index contributed by atoms with van der Waals surface area (Å²) in [6.45, 7) is 10.7. The molecule has 0 aromatic carbocycles. The van der Waals surface area contributed by atoms with E-state index >= 15 is 0 Å². The second-order valence-electron chi connectivity index (χ2n) is 6.63. The van der Waals surface area contributed by atoms with E-state index in [-0.39, 0.29) is 11.3 Å². The summed E-state index contributed by atoms with van der Waals surface area (Å²) in [7, 11) is 0. The molecule has 1 amide bonds. The molecule has 0 bridgehead atoms. The number of carbonyl (C=O) groups excluding carboxylic acids is 1. The lowest BCUT2D eigenvalue weighted by Crippen LogP contribution is -2.47. The fourth-order valence-corrected chi connectivity index (χ4v) is 3.16. The van der Waals surface area contributed by atoms with Crippen molar-refractivity contribution in [3.63, 3.8) is 0 Å². The van der Waals surface area contributed by atoms with Gasteiger partial charge >= 0.3 is 0 Å². The Labute approximate surface area is 117 Å². The van der Waals surface area contributed by atoms with Crippen LogP contribution in [-0.4, -0.2) is 50.1 Å². The van der Waals surface area contributed by atoms with Crippen molar-refractivity contribution in [1.82, 2.24) is 15.5 Å². The van der Waals surface area contributed by atoms with Crippen molar-refractivity contribution in [2.24, 2.45) is 11.3 Å². The number of nitrogens with one attached hydrogen (secondary N) is 2. The van der Waals surface area contributed by atoms with Crippen LogP contribution < -0.4 is 10.6 Å². The Morgan fingerprint density at radius 1 is 1.32 bits per heavy atom. The summed E-state index contributed by atoms with van der Waals surface area (Å²) in [6, 6.07) is 0. The molecule has 2 heterocycles. The standard InChI is InChI=1S/C15H29N3O/c1-13(12-18-9-3-4-10-18)11-17-14(19)15(2)5-7-16-8-6-15/h13,16H,3-12H2,1-2H3,(H,17,19). The second kappa shape index (κ2) is 6.71. The predicted octanol–water partition coefficient (Wildman–Crippen LogP) is 1.22. The van der Waals surface area contributed by atoms with Gasteiger partial charge in [0.2, 0.25) is 5.91 Å². The van der Waals surface area contributed by atoms with Crippen molar-refractivity contribution >= 4 is 5.91 Å². The van der Waals surface area contributed by atoms with Gasteiger partial charge in [0, 0.05) is 18.5 Å². The van der Waals surface area contributed by atoms with E-state index in [4.69, 9.17) is 0 Å². The van der Waals surface area contributed by atoms with Crippen LogP contribution in [0.2, 0.25) is 0 Å². The monoisotopic (exact) mass is 267 g/mol. The molecule has 4 heteroatoms. The molecule has 0 aromatic heterocycles. The van der Waals surface area contributed by atoms with E-state index < -0.39 is 0 Å². The van der Waals surface area contributed by atoms with Crippen LogP contribution in [0.25, 0.3) is 0 Å². The third-order valence-electron chi connectivity index (χ3n) is 4.63. The number of hydrogen-bond acceptors (Lipinski definition) is 3. The smallest absolute Gasteiger partial charge is 0.226 e. The molecule has 0 radical (unpaired) electrons. The zero-order valence-corrected chi connectivity index (χ0v) is 12.5. The minimum atomic E-state index is -0.154. The van der Waals surface area contributed by atoms with Crippen LogP contribution >= 0.6 is 0 Å². The molecule has 0 saturated carbocycles. The molecule has 0 aliphatic carbocycles. The molecule has 1 unspecified atom stereocenters. The summed E-state index contributed by atoms with van der Waals surface area (Å²) in [5, 5.41) is 6.49. The zero-order valence-electron chi connectivity index (χ0n) is 12.5. The van der Waals surface area contributed by atoms with Gasteiger partial charge in [0.05, 0.1) is 0 Å². The van der Waals surface area contributed by atoms with Crippen LogP contribution in [0.5, 0.6) is 0 Å². The van der Waals surface area contributed by atoms with Gasteiger partial charge < -0.3 is 15.5 Å². The lowest BCUT2D eigenvalue weighted by atomic mass is 9.80. The Morgan fingerprint density at radius 2 is 1.95 bits per heavy atom. The summed E-state index contributed by atoms with van der Waals surface area (Å²) in [6.07, 6.45) is 4.59. The average Bonchev–Trinajstić information content (AvgIpc) is 2.89. The van der Waals surface area contributed by atoms with Gasteiger partial charge in [0.15, 0.2) is 0 Å². The summed E-state index contributed by atoms with van der Waals surface area (Å²) < 4.78 is 0. The Hall–Kier alpha value is -0.610. The first-order valence-corrected chi connectivity index (χ1v) is 7.81. The van der Waals surface area contributed by atoms with E-state index in [1.165, 1.54) is 25.9 Å². The Bertz CT molecular complexity index is 294. The van der Waals surface area contributed by atoms with Crippen LogP contribution in [0.15, 0.2) is 0 Å². The molecule has 2 aliphatic rings. The first-order chi connectivity index (χ1) is 9.10. The van der Waals surface area contributed by atoms with Crippen LogP contribution in [0, 0.1) is 11.3 Å². The predicted molar refractivity (Wildman–Crippen MR) is 78.1 cm³/mol. The number of rotatable bonds is 5. The maximum absolute atomic E-state index is 12.3. The fraction of sp³-hybridized carbons (Fsp3) is 0.933. The topological polar surface area (TPSA) is 44.4 Å². The molecule has 2 saturated heterocycles. The van der Waals surface area contributed by atoms with E-state index in [9.17, 15) is 4.79 Å². The normalized spacial score (nSPS) is 25.2. The van der Waals surface area contributed by atoms with E-state index in [1.54, 1.807) is 0 Å². The highest BCUT2D eigenvalue weighted by atomic mass is 16.2. The zero-order chi connectivity index (χ0) is 13.7. The molecular formula is C15H29N3O. The first-order valence-electron chi connectivity index (χ1n) is 7.81. The minimum absolute atomic E-state index is 0.154. The molecular weight excluding hydrogens is 238 g/mol. The highest BCUT2D eigenvalue weighted by Crippen LogP contribution is 2.27. The van der Waals surface area contributed by atoms with Gasteiger partial charge in [0.1, 0.15) is 0 Å². The third kappa shape index (κ3) is 4.18. The van der Waals surface area contributed by atoms with Gasteiger partial charge in [0.25, 0.3) is 0 Å². The van der Waals surface area contributed by atoms with Gasteiger partial charge in [-0.25, -0.2) is 0 Å². The molecule has 1 atom stereocenters. The minimum Gasteiger partial charge on any atom is -0.355 e. The highest BCUT2D eigenvalue weighted by Gasteiger charge is 2.34. The van der Waals surface area contributed by atoms with Gasteiger partial charge in [-0.2, -0.15) is 0 Å². The van der Waals surface area contributed by atoms with Crippen molar-refractivity contribution in [2.45, 2.75) is 39.5 Å². The van der Waals surface area contributed by atoms with Gasteiger partial charge in [-0.3, -0.25) is 4.79 Å². The summed E-state index contributed by atoms with van der Waals surface area (Å²) in [5.41, 5.74) is -0.154. The summed E-state index contributed by atoms with van der Waals surface area (Å²) >= 11 is 0. The molecule has 19 heavy (non-hydrogen) atoms. The number of piperidine rings is 1. The van der Waals surface area contributed by atoms with Gasteiger partial charge in [-0.15, -0.1) is 0 Å². The quantitative estimate of drug-likeness (QED) is 0.787. The van der Waals surface area contributed by atoms with Crippen molar-refractivity contribution < 1.29 is 4.79 Å². The number of likely N-dealkylation sites (tertiary alicyclic amines) is 1. The molecule has 2 fully saturated rings. The third-order valence-corrected chi connectivity index (χ3v) is 4.63. The van der Waals surface area contributed by atoms with Gasteiger partial charge in [-0.05, 0) is 57.8 Å². The lowest BCUT2D eigenvalue weighted by molar-refractivity contribution is -0.131. The van der Waals surface area contributed by atoms with Crippen molar-refractivity contribution in [3.8, 4) is 0 Å². The Morgan fingerprint density at radius 3 is 2.58 bits per heavy atom. The maximum Gasteiger partial charge on any atom is 0.226 e. The summed E-state index contributed by atoms with van der Waals surface area (Å²) in [4.78, 5) is 14.8. The molecule has 2 aliphatic heterocycles. The van der Waals surface area contributed by atoms with Crippen LogP contribution in [0.3, 0.4) is 0 Å². The average molecular weight is 267 g/mol. The van der Waals surface area contributed by atoms with Gasteiger partial charge in [-0.1, -0.05) is 13.8 Å². The second-order valence-corrected chi connectivity index (χ2v) is 6.63. The fourth-order valence-electron chi connectivity index (χ4n) is 3.16.